The maximum absolute atomic E-state index is 6.23. The minimum atomic E-state index is -0.149. The van der Waals surface area contributed by atoms with Crippen LogP contribution in [0.4, 0.5) is 0 Å². The molecule has 0 bridgehead atoms. The molecule has 4 heteroatoms. The number of para-hydroxylation sites is 1. The zero-order chi connectivity index (χ0) is 14.6. The Morgan fingerprint density at radius 3 is 2.70 bits per heavy atom. The Hall–Kier alpha value is -1.26. The summed E-state index contributed by atoms with van der Waals surface area (Å²) in [6.45, 7) is 7.64. The van der Waals surface area contributed by atoms with Crippen molar-refractivity contribution < 1.29 is 9.47 Å². The van der Waals surface area contributed by atoms with Crippen LogP contribution in [0.2, 0.25) is 0 Å². The summed E-state index contributed by atoms with van der Waals surface area (Å²) in [5.74, 6) is 1.67. The average Bonchev–Trinajstić information content (AvgIpc) is 2.69. The van der Waals surface area contributed by atoms with Gasteiger partial charge in [-0.3, -0.25) is 4.90 Å². The molecular formula is C16H26N2O2. The van der Waals surface area contributed by atoms with Crippen LogP contribution in [0, 0.1) is 0 Å². The van der Waals surface area contributed by atoms with Crippen LogP contribution in [0.5, 0.6) is 11.5 Å². The van der Waals surface area contributed by atoms with Crippen LogP contribution < -0.4 is 15.2 Å². The fourth-order valence-electron chi connectivity index (χ4n) is 3.36. The number of nitrogens with two attached hydrogens (primary N) is 1. The molecule has 0 fully saturated rings. The molecule has 0 aliphatic carbocycles. The van der Waals surface area contributed by atoms with Crippen molar-refractivity contribution in [2.45, 2.75) is 32.2 Å². The second-order valence-corrected chi connectivity index (χ2v) is 5.20. The molecule has 1 unspecified atom stereocenters. The molecular weight excluding hydrogens is 252 g/mol. The fourth-order valence-corrected chi connectivity index (χ4v) is 3.36. The highest BCUT2D eigenvalue weighted by molar-refractivity contribution is 5.50. The molecule has 0 saturated heterocycles. The van der Waals surface area contributed by atoms with E-state index in [0.29, 0.717) is 6.54 Å². The quantitative estimate of drug-likeness (QED) is 0.898. The Labute approximate surface area is 121 Å². The second-order valence-electron chi connectivity index (χ2n) is 5.20. The van der Waals surface area contributed by atoms with E-state index in [4.69, 9.17) is 15.2 Å². The standard InChI is InChI=1S/C16H26N2O2/c1-4-18(5-2)16(12-17)10-7-11-20-15-13(16)8-6-9-14(15)19-3/h6,8-9H,4-5,7,10-12,17H2,1-3H3. The normalized spacial score (nSPS) is 22.1. The Morgan fingerprint density at radius 1 is 1.35 bits per heavy atom. The molecule has 0 aromatic heterocycles. The first-order valence-electron chi connectivity index (χ1n) is 7.48. The van der Waals surface area contributed by atoms with Crippen molar-refractivity contribution in [1.82, 2.24) is 4.90 Å². The highest BCUT2D eigenvalue weighted by atomic mass is 16.5. The van der Waals surface area contributed by atoms with E-state index in [1.54, 1.807) is 7.11 Å². The molecule has 1 aliphatic rings. The summed E-state index contributed by atoms with van der Waals surface area (Å²) in [7, 11) is 1.69. The van der Waals surface area contributed by atoms with E-state index in [1.165, 1.54) is 5.56 Å². The van der Waals surface area contributed by atoms with Gasteiger partial charge in [0.15, 0.2) is 11.5 Å². The van der Waals surface area contributed by atoms with Crippen LogP contribution in [-0.4, -0.2) is 38.3 Å². The maximum Gasteiger partial charge on any atom is 0.166 e. The van der Waals surface area contributed by atoms with Crippen molar-refractivity contribution >= 4 is 0 Å². The molecule has 2 N–H and O–H groups in total. The Balaban J connectivity index is 2.60. The fraction of sp³-hybridized carbons (Fsp3) is 0.625. The van der Waals surface area contributed by atoms with Crippen LogP contribution in [0.3, 0.4) is 0 Å². The van der Waals surface area contributed by atoms with Crippen molar-refractivity contribution in [3.63, 3.8) is 0 Å². The molecule has 4 nitrogen and oxygen atoms in total. The highest BCUT2D eigenvalue weighted by Gasteiger charge is 2.40. The van der Waals surface area contributed by atoms with Gasteiger partial charge in [0.25, 0.3) is 0 Å². The summed E-state index contributed by atoms with van der Waals surface area (Å²) >= 11 is 0. The number of methoxy groups -OCH3 is 1. The predicted molar refractivity (Wildman–Crippen MR) is 81.4 cm³/mol. The van der Waals surface area contributed by atoms with Gasteiger partial charge in [-0.25, -0.2) is 0 Å². The third-order valence-corrected chi connectivity index (χ3v) is 4.39. The SMILES string of the molecule is CCN(CC)C1(CN)CCCOc2c(OC)cccc21. The summed E-state index contributed by atoms with van der Waals surface area (Å²) < 4.78 is 11.4. The molecule has 20 heavy (non-hydrogen) atoms. The third kappa shape index (κ3) is 2.38. The lowest BCUT2D eigenvalue weighted by Crippen LogP contribution is -2.51. The number of nitrogens with zero attached hydrogens (tertiary/aromatic N) is 1. The summed E-state index contributed by atoms with van der Waals surface area (Å²) in [4.78, 5) is 2.44. The molecule has 112 valence electrons. The number of fused-ring (bicyclic) bond motifs is 1. The Bertz CT molecular complexity index is 446. The molecule has 0 amide bonds. The maximum atomic E-state index is 6.23. The van der Waals surface area contributed by atoms with E-state index in [0.717, 1.165) is 44.0 Å². The van der Waals surface area contributed by atoms with Crippen LogP contribution in [0.25, 0.3) is 0 Å². The minimum Gasteiger partial charge on any atom is -0.493 e. The van der Waals surface area contributed by atoms with E-state index >= 15 is 0 Å². The van der Waals surface area contributed by atoms with Crippen LogP contribution in [-0.2, 0) is 5.54 Å². The van der Waals surface area contributed by atoms with Crippen molar-refractivity contribution in [1.29, 1.82) is 0 Å². The van der Waals surface area contributed by atoms with E-state index in [-0.39, 0.29) is 5.54 Å². The molecule has 2 rings (SSSR count). The number of hydrogen-bond donors (Lipinski definition) is 1. The summed E-state index contributed by atoms with van der Waals surface area (Å²) in [6.07, 6.45) is 2.02. The molecule has 0 spiro atoms. The number of likely N-dealkylation sites (N-methyl/N-ethyl adjacent to an activating group) is 1. The van der Waals surface area contributed by atoms with Gasteiger partial charge in [0.05, 0.1) is 19.3 Å². The number of hydrogen-bond acceptors (Lipinski definition) is 4. The monoisotopic (exact) mass is 278 g/mol. The molecule has 1 aliphatic heterocycles. The van der Waals surface area contributed by atoms with Gasteiger partial charge in [-0.1, -0.05) is 26.0 Å². The first-order chi connectivity index (χ1) is 9.73. The molecule has 0 radical (unpaired) electrons. The molecule has 0 saturated carbocycles. The minimum absolute atomic E-state index is 0.149. The van der Waals surface area contributed by atoms with E-state index in [9.17, 15) is 0 Å². The Morgan fingerprint density at radius 2 is 2.10 bits per heavy atom. The van der Waals surface area contributed by atoms with Gasteiger partial charge in [0.2, 0.25) is 0 Å². The van der Waals surface area contributed by atoms with Crippen LogP contribution in [0.1, 0.15) is 32.3 Å². The summed E-state index contributed by atoms with van der Waals surface area (Å²) in [6, 6.07) is 6.11. The second kappa shape index (κ2) is 6.46. The smallest absolute Gasteiger partial charge is 0.166 e. The van der Waals surface area contributed by atoms with Crippen LogP contribution in [0.15, 0.2) is 18.2 Å². The van der Waals surface area contributed by atoms with E-state index in [2.05, 4.69) is 24.8 Å². The Kier molecular flexibility index (Phi) is 4.89. The van der Waals surface area contributed by atoms with Gasteiger partial charge in [-0.05, 0) is 32.0 Å². The highest BCUT2D eigenvalue weighted by Crippen LogP contribution is 2.44. The van der Waals surface area contributed by atoms with Crippen molar-refractivity contribution in [3.8, 4) is 11.5 Å². The summed E-state index contributed by atoms with van der Waals surface area (Å²) in [5, 5.41) is 0. The van der Waals surface area contributed by atoms with Gasteiger partial charge in [0.1, 0.15) is 0 Å². The van der Waals surface area contributed by atoms with Crippen molar-refractivity contribution in [2.24, 2.45) is 5.73 Å². The lowest BCUT2D eigenvalue weighted by molar-refractivity contribution is 0.0952. The molecule has 1 aromatic rings. The zero-order valence-electron chi connectivity index (χ0n) is 12.8. The van der Waals surface area contributed by atoms with Crippen molar-refractivity contribution in [2.75, 3.05) is 33.4 Å². The number of rotatable bonds is 5. The predicted octanol–water partition coefficient (Wildman–Crippen LogP) is 2.36. The van der Waals surface area contributed by atoms with E-state index < -0.39 is 0 Å². The molecule has 1 aromatic carbocycles. The van der Waals surface area contributed by atoms with Gasteiger partial charge in [-0.2, -0.15) is 0 Å². The average molecular weight is 278 g/mol. The topological polar surface area (TPSA) is 47.7 Å². The zero-order valence-corrected chi connectivity index (χ0v) is 12.8. The van der Waals surface area contributed by atoms with Gasteiger partial charge >= 0.3 is 0 Å². The van der Waals surface area contributed by atoms with E-state index in [1.807, 2.05) is 12.1 Å². The van der Waals surface area contributed by atoms with Crippen LogP contribution >= 0.6 is 0 Å². The first kappa shape index (κ1) is 15.1. The first-order valence-corrected chi connectivity index (χ1v) is 7.48. The van der Waals surface area contributed by atoms with Gasteiger partial charge in [-0.15, -0.1) is 0 Å². The lowest BCUT2D eigenvalue weighted by Gasteiger charge is -2.42. The molecule has 1 heterocycles. The van der Waals surface area contributed by atoms with Gasteiger partial charge < -0.3 is 15.2 Å². The molecule has 1 atom stereocenters. The number of benzene rings is 1. The largest absolute Gasteiger partial charge is 0.493 e. The third-order valence-electron chi connectivity index (χ3n) is 4.39. The lowest BCUT2D eigenvalue weighted by atomic mass is 9.83. The van der Waals surface area contributed by atoms with Crippen molar-refractivity contribution in [3.05, 3.63) is 23.8 Å². The van der Waals surface area contributed by atoms with Gasteiger partial charge in [0, 0.05) is 12.1 Å². The number of ether oxygens (including phenoxy) is 2. The summed E-state index contributed by atoms with van der Waals surface area (Å²) in [5.41, 5.74) is 7.25.